The maximum atomic E-state index is 13.6. The molecule has 0 saturated heterocycles. The molecule has 4 aromatic rings. The Bertz CT molecular complexity index is 1340. The van der Waals surface area contributed by atoms with E-state index >= 15 is 0 Å². The van der Waals surface area contributed by atoms with Crippen molar-refractivity contribution in [2.45, 2.75) is 46.1 Å². The highest BCUT2D eigenvalue weighted by molar-refractivity contribution is 6.11. The first kappa shape index (κ1) is 24.4. The van der Waals surface area contributed by atoms with Gasteiger partial charge in [0, 0.05) is 29.6 Å². The molecule has 0 spiro atoms. The number of aryl methyl sites for hydroxylation is 1. The van der Waals surface area contributed by atoms with Crippen LogP contribution in [0.4, 0.5) is 4.39 Å². The summed E-state index contributed by atoms with van der Waals surface area (Å²) in [5, 5.41) is 0.835. The van der Waals surface area contributed by atoms with Crippen molar-refractivity contribution in [2.75, 3.05) is 6.61 Å². The van der Waals surface area contributed by atoms with Crippen molar-refractivity contribution in [3.8, 4) is 0 Å². The summed E-state index contributed by atoms with van der Waals surface area (Å²) in [4.78, 5) is 26.1. The predicted molar refractivity (Wildman–Crippen MR) is 137 cm³/mol. The Morgan fingerprint density at radius 2 is 1.66 bits per heavy atom. The molecule has 0 aliphatic rings. The van der Waals surface area contributed by atoms with E-state index in [1.54, 1.807) is 25.1 Å². The van der Waals surface area contributed by atoms with Crippen LogP contribution in [0.1, 0.15) is 70.6 Å². The fraction of sp³-hybridized carbons (Fsp3) is 0.267. The van der Waals surface area contributed by atoms with Gasteiger partial charge in [0.2, 0.25) is 0 Å². The minimum Gasteiger partial charge on any atom is -0.462 e. The van der Waals surface area contributed by atoms with E-state index in [9.17, 15) is 14.0 Å². The van der Waals surface area contributed by atoms with Crippen LogP contribution in [0.2, 0.25) is 0 Å². The van der Waals surface area contributed by atoms with Crippen molar-refractivity contribution in [3.63, 3.8) is 0 Å². The maximum absolute atomic E-state index is 13.6. The van der Waals surface area contributed by atoms with Crippen LogP contribution in [0.25, 0.3) is 10.9 Å². The van der Waals surface area contributed by atoms with Crippen LogP contribution in [-0.2, 0) is 17.7 Å². The Balaban J connectivity index is 1.81. The monoisotopic (exact) mass is 471 g/mol. The molecule has 180 valence electrons. The molecule has 3 aromatic carbocycles. The Labute approximate surface area is 205 Å². The number of halogens is 1. The summed E-state index contributed by atoms with van der Waals surface area (Å²) in [6, 6.07) is 21.8. The van der Waals surface area contributed by atoms with Crippen molar-refractivity contribution >= 4 is 22.7 Å². The van der Waals surface area contributed by atoms with Crippen molar-refractivity contribution in [1.29, 1.82) is 0 Å². The van der Waals surface area contributed by atoms with Crippen LogP contribution in [0, 0.1) is 5.82 Å². The number of fused-ring (bicyclic) bond motifs is 1. The van der Waals surface area contributed by atoms with Crippen LogP contribution in [-0.4, -0.2) is 22.9 Å². The molecular formula is C30H30FNO3. The number of carbonyl (C=O) groups excluding carboxylic acids is 2. The number of Topliss-reactive ketones (excluding diaryl/α,β-unsaturated/α-hetero) is 1. The molecule has 0 atom stereocenters. The molecule has 0 amide bonds. The molecular weight excluding hydrogens is 441 g/mol. The topological polar surface area (TPSA) is 48.3 Å². The number of carbonyl (C=O) groups is 2. The quantitative estimate of drug-likeness (QED) is 0.196. The van der Waals surface area contributed by atoms with Gasteiger partial charge in [0.15, 0.2) is 5.78 Å². The van der Waals surface area contributed by atoms with Crippen molar-refractivity contribution in [2.24, 2.45) is 0 Å². The maximum Gasteiger partial charge on any atom is 0.338 e. The highest BCUT2D eigenvalue weighted by Crippen LogP contribution is 2.34. The number of aromatic nitrogens is 1. The summed E-state index contributed by atoms with van der Waals surface area (Å²) in [7, 11) is 0. The van der Waals surface area contributed by atoms with Crippen LogP contribution < -0.4 is 0 Å². The molecule has 0 unspecified atom stereocenters. The smallest absolute Gasteiger partial charge is 0.338 e. The molecule has 0 saturated carbocycles. The molecule has 5 heteroatoms. The average molecular weight is 472 g/mol. The van der Waals surface area contributed by atoms with Crippen molar-refractivity contribution < 1.29 is 18.7 Å². The first-order chi connectivity index (χ1) is 16.9. The Kier molecular flexibility index (Phi) is 7.45. The van der Waals surface area contributed by atoms with Crippen molar-refractivity contribution in [1.82, 2.24) is 4.57 Å². The highest BCUT2D eigenvalue weighted by Gasteiger charge is 2.25. The lowest BCUT2D eigenvalue weighted by atomic mass is 9.96. The number of ether oxygens (including phenoxy) is 1. The number of benzene rings is 3. The van der Waals surface area contributed by atoms with E-state index in [-0.39, 0.29) is 23.5 Å². The number of ketones is 1. The van der Waals surface area contributed by atoms with Crippen LogP contribution >= 0.6 is 0 Å². The molecule has 0 aliphatic heterocycles. The molecule has 4 rings (SSSR count). The fourth-order valence-corrected chi connectivity index (χ4v) is 4.57. The molecule has 4 nitrogen and oxygen atoms in total. The lowest BCUT2D eigenvalue weighted by Crippen LogP contribution is -2.11. The molecule has 0 radical (unpaired) electrons. The van der Waals surface area contributed by atoms with Crippen LogP contribution in [0.3, 0.4) is 0 Å². The molecule has 0 N–H and O–H groups in total. The third kappa shape index (κ3) is 5.35. The van der Waals surface area contributed by atoms with Crippen molar-refractivity contribution in [3.05, 3.63) is 107 Å². The largest absolute Gasteiger partial charge is 0.462 e. The van der Waals surface area contributed by atoms with Gasteiger partial charge in [0.05, 0.1) is 17.7 Å². The summed E-state index contributed by atoms with van der Waals surface area (Å²) >= 11 is 0. The van der Waals surface area contributed by atoms with E-state index < -0.39 is 0 Å². The van der Waals surface area contributed by atoms with Gasteiger partial charge in [0.1, 0.15) is 5.82 Å². The van der Waals surface area contributed by atoms with Crippen LogP contribution in [0.5, 0.6) is 0 Å². The van der Waals surface area contributed by atoms with Gasteiger partial charge in [-0.2, -0.15) is 0 Å². The summed E-state index contributed by atoms with van der Waals surface area (Å²) < 4.78 is 20.7. The summed E-state index contributed by atoms with van der Waals surface area (Å²) in [6.45, 7) is 6.83. The molecule has 0 bridgehead atoms. The second kappa shape index (κ2) is 10.7. The van der Waals surface area contributed by atoms with E-state index in [2.05, 4.69) is 30.5 Å². The summed E-state index contributed by atoms with van der Waals surface area (Å²) in [5.41, 5.74) is 4.99. The van der Waals surface area contributed by atoms with E-state index in [1.165, 1.54) is 12.1 Å². The lowest BCUT2D eigenvalue weighted by molar-refractivity contribution is 0.0526. The lowest BCUT2D eigenvalue weighted by Gasteiger charge is -2.15. The second-order valence-corrected chi connectivity index (χ2v) is 8.99. The minimum absolute atomic E-state index is 0.0405. The zero-order chi connectivity index (χ0) is 24.9. The van der Waals surface area contributed by atoms with Gasteiger partial charge in [-0.15, -0.1) is 0 Å². The van der Waals surface area contributed by atoms with Gasteiger partial charge in [-0.3, -0.25) is 4.79 Å². The van der Waals surface area contributed by atoms with Gasteiger partial charge in [-0.1, -0.05) is 62.4 Å². The zero-order valence-electron chi connectivity index (χ0n) is 20.4. The Morgan fingerprint density at radius 1 is 0.943 bits per heavy atom. The molecule has 0 aliphatic carbocycles. The summed E-state index contributed by atoms with van der Waals surface area (Å²) in [6.07, 6.45) is 0.846. The van der Waals surface area contributed by atoms with E-state index in [4.69, 9.17) is 4.74 Å². The number of hydrogen-bond acceptors (Lipinski definition) is 3. The van der Waals surface area contributed by atoms with Gasteiger partial charge in [-0.25, -0.2) is 9.18 Å². The van der Waals surface area contributed by atoms with Gasteiger partial charge >= 0.3 is 5.97 Å². The minimum atomic E-state index is -0.378. The van der Waals surface area contributed by atoms with E-state index in [0.29, 0.717) is 37.1 Å². The van der Waals surface area contributed by atoms with Gasteiger partial charge in [0.25, 0.3) is 0 Å². The zero-order valence-corrected chi connectivity index (χ0v) is 20.4. The molecule has 1 aromatic heterocycles. The SMILES string of the molecule is CCOC(=O)c1ccc2c(C(=O)CCc3ccc(F)cc3)c(C(C)C)n(Cc3ccccc3)c2c1. The molecule has 1 heterocycles. The highest BCUT2D eigenvalue weighted by atomic mass is 19.1. The third-order valence-electron chi connectivity index (χ3n) is 6.18. The second-order valence-electron chi connectivity index (χ2n) is 8.99. The molecule has 35 heavy (non-hydrogen) atoms. The first-order valence-electron chi connectivity index (χ1n) is 12.0. The predicted octanol–water partition coefficient (Wildman–Crippen LogP) is 6.94. The van der Waals surface area contributed by atoms with Gasteiger partial charge in [-0.05, 0) is 54.7 Å². The molecule has 0 fully saturated rings. The third-order valence-corrected chi connectivity index (χ3v) is 6.18. The number of hydrogen-bond donors (Lipinski definition) is 0. The number of nitrogens with zero attached hydrogens (tertiary/aromatic N) is 1. The Morgan fingerprint density at radius 3 is 2.31 bits per heavy atom. The normalized spacial score (nSPS) is 11.2. The summed E-state index contributed by atoms with van der Waals surface area (Å²) in [5.74, 6) is -0.540. The van der Waals surface area contributed by atoms with Crippen LogP contribution in [0.15, 0.2) is 72.8 Å². The fourth-order valence-electron chi connectivity index (χ4n) is 4.57. The average Bonchev–Trinajstić information content (AvgIpc) is 3.18. The standard InChI is InChI=1S/C30H30FNO3/c1-4-35-30(34)23-13-16-25-26(18-23)32(19-22-8-6-5-7-9-22)29(20(2)3)28(25)27(33)17-12-21-10-14-24(31)15-11-21/h5-11,13-16,18,20H,4,12,17,19H2,1-3H3. The van der Waals surface area contributed by atoms with Gasteiger partial charge < -0.3 is 9.30 Å². The number of esters is 1. The van der Waals surface area contributed by atoms with E-state index in [1.807, 2.05) is 30.3 Å². The number of rotatable bonds is 9. The first-order valence-corrected chi connectivity index (χ1v) is 12.0. The Hall–Kier alpha value is -3.73. The van der Waals surface area contributed by atoms with E-state index in [0.717, 1.165) is 27.7 Å².